The van der Waals surface area contributed by atoms with Crippen LogP contribution in [0.25, 0.3) is 11.0 Å². The molecule has 0 aliphatic carbocycles. The number of hydrogen-bond acceptors (Lipinski definition) is 4. The van der Waals surface area contributed by atoms with Crippen molar-refractivity contribution in [3.8, 4) is 0 Å². The van der Waals surface area contributed by atoms with Gasteiger partial charge in [0.25, 0.3) is 0 Å². The lowest BCUT2D eigenvalue weighted by molar-refractivity contribution is -0.137. The Morgan fingerprint density at radius 3 is 2.35 bits per heavy atom. The summed E-state index contributed by atoms with van der Waals surface area (Å²) in [6.07, 6.45) is 5.59. The van der Waals surface area contributed by atoms with Crippen molar-refractivity contribution in [2.75, 3.05) is 13.6 Å². The van der Waals surface area contributed by atoms with Crippen LogP contribution in [0.2, 0.25) is 0 Å². The Bertz CT molecular complexity index is 1240. The fraction of sp³-hybridized carbons (Fsp3) is 0.500. The number of amides is 2. The van der Waals surface area contributed by atoms with Crippen molar-refractivity contribution in [3.05, 3.63) is 66.0 Å². The number of piperidine rings is 1. The van der Waals surface area contributed by atoms with Crippen molar-refractivity contribution in [2.24, 2.45) is 0 Å². The Hall–Kier alpha value is -3.19. The van der Waals surface area contributed by atoms with Gasteiger partial charge in [-0.05, 0) is 63.6 Å². The second-order valence-corrected chi connectivity index (χ2v) is 10.8. The average Bonchev–Trinajstić information content (AvgIpc) is 3.36. The maximum Gasteiger partial charge on any atom is 0.242 e. The number of carbonyl (C=O) groups excluding carboxylic acids is 2. The molecule has 2 fully saturated rings. The van der Waals surface area contributed by atoms with Crippen molar-refractivity contribution < 1.29 is 9.59 Å². The molecule has 2 amide bonds. The number of nitrogens with zero attached hydrogens (tertiary/aromatic N) is 4. The van der Waals surface area contributed by atoms with Crippen LogP contribution in [0.3, 0.4) is 0 Å². The highest BCUT2D eigenvalue weighted by Gasteiger charge is 2.41. The zero-order chi connectivity index (χ0) is 26.1. The van der Waals surface area contributed by atoms with E-state index in [0.29, 0.717) is 18.1 Å². The molecular weight excluding hydrogens is 462 g/mol. The lowest BCUT2D eigenvalue weighted by Gasteiger charge is -2.40. The minimum atomic E-state index is -0.510. The van der Waals surface area contributed by atoms with Crippen LogP contribution in [0.5, 0.6) is 0 Å². The van der Waals surface area contributed by atoms with Crippen LogP contribution in [0, 0.1) is 6.92 Å². The third-order valence-electron chi connectivity index (χ3n) is 8.65. The van der Waals surface area contributed by atoms with Crippen LogP contribution in [0.1, 0.15) is 69.4 Å². The van der Waals surface area contributed by atoms with E-state index < -0.39 is 6.04 Å². The molecule has 5 rings (SSSR count). The first-order chi connectivity index (χ1) is 17.8. The van der Waals surface area contributed by atoms with Crippen molar-refractivity contribution in [3.63, 3.8) is 0 Å². The number of carbonyl (C=O) groups is 2. The second-order valence-electron chi connectivity index (χ2n) is 10.8. The lowest BCUT2D eigenvalue weighted by atomic mass is 9.95. The summed E-state index contributed by atoms with van der Waals surface area (Å²) >= 11 is 0. The Balaban J connectivity index is 1.28. The number of rotatable bonds is 8. The molecule has 2 saturated heterocycles. The van der Waals surface area contributed by atoms with E-state index in [2.05, 4.69) is 58.1 Å². The number of hydrogen-bond donors (Lipinski definition) is 1. The zero-order valence-corrected chi connectivity index (χ0v) is 22.4. The molecule has 2 aliphatic heterocycles. The van der Waals surface area contributed by atoms with E-state index in [0.717, 1.165) is 42.7 Å². The monoisotopic (exact) mass is 501 g/mol. The maximum absolute atomic E-state index is 13.1. The third-order valence-corrected chi connectivity index (χ3v) is 8.65. The first-order valence-electron chi connectivity index (χ1n) is 13.6. The predicted octanol–water partition coefficient (Wildman–Crippen LogP) is 4.63. The highest BCUT2D eigenvalue weighted by molar-refractivity contribution is 5.86. The van der Waals surface area contributed by atoms with E-state index in [1.165, 1.54) is 30.2 Å². The number of imidazole rings is 1. The molecule has 0 saturated carbocycles. The van der Waals surface area contributed by atoms with Gasteiger partial charge in [0.15, 0.2) is 0 Å². The summed E-state index contributed by atoms with van der Waals surface area (Å²) in [5.74, 6) is 0.880. The molecule has 1 N–H and O–H groups in total. The van der Waals surface area contributed by atoms with Gasteiger partial charge < -0.3 is 14.8 Å². The maximum atomic E-state index is 13.1. The van der Waals surface area contributed by atoms with E-state index in [9.17, 15) is 9.59 Å². The van der Waals surface area contributed by atoms with Crippen LogP contribution in [-0.2, 0) is 9.59 Å². The third kappa shape index (κ3) is 5.14. The first-order valence-corrected chi connectivity index (χ1v) is 13.6. The number of nitrogens with one attached hydrogen (secondary N) is 1. The number of aryl methyl sites for hydroxylation is 1. The van der Waals surface area contributed by atoms with E-state index >= 15 is 0 Å². The van der Waals surface area contributed by atoms with E-state index in [-0.39, 0.29) is 17.9 Å². The van der Waals surface area contributed by atoms with Gasteiger partial charge in [-0.1, -0.05) is 42.5 Å². The summed E-state index contributed by atoms with van der Waals surface area (Å²) in [4.78, 5) is 33.8. The summed E-state index contributed by atoms with van der Waals surface area (Å²) < 4.78 is 2.47. The normalized spacial score (nSPS) is 23.1. The molecule has 3 heterocycles. The molecule has 2 aliphatic rings. The molecular formula is C30H39N5O2. The van der Waals surface area contributed by atoms with Crippen molar-refractivity contribution in [1.82, 2.24) is 24.7 Å². The molecule has 7 heteroatoms. The Labute approximate surface area is 219 Å². The van der Waals surface area contributed by atoms with E-state index in [1.807, 2.05) is 18.2 Å². The van der Waals surface area contributed by atoms with Gasteiger partial charge in [-0.3, -0.25) is 14.5 Å². The van der Waals surface area contributed by atoms with Gasteiger partial charge in [-0.2, -0.15) is 0 Å². The fourth-order valence-electron chi connectivity index (χ4n) is 6.47. The molecule has 7 nitrogen and oxygen atoms in total. The molecule has 0 radical (unpaired) electrons. The summed E-state index contributed by atoms with van der Waals surface area (Å²) in [7, 11) is 1.68. The molecule has 1 aromatic heterocycles. The number of likely N-dealkylation sites (N-methyl/N-ethyl adjacent to an activating group) is 1. The van der Waals surface area contributed by atoms with Gasteiger partial charge in [0.1, 0.15) is 11.9 Å². The van der Waals surface area contributed by atoms with Gasteiger partial charge in [0.05, 0.1) is 17.1 Å². The molecule has 2 bridgehead atoms. The Morgan fingerprint density at radius 1 is 1.03 bits per heavy atom. The minimum absolute atomic E-state index is 0.0894. The first kappa shape index (κ1) is 25.5. The lowest BCUT2D eigenvalue weighted by Crippen LogP contribution is -2.47. The Kier molecular flexibility index (Phi) is 7.33. The van der Waals surface area contributed by atoms with Crippen molar-refractivity contribution in [1.29, 1.82) is 0 Å². The van der Waals surface area contributed by atoms with Crippen LogP contribution in [-0.4, -0.2) is 62.9 Å². The van der Waals surface area contributed by atoms with Gasteiger partial charge in [-0.15, -0.1) is 0 Å². The van der Waals surface area contributed by atoms with Crippen LogP contribution in [0.15, 0.2) is 54.6 Å². The van der Waals surface area contributed by atoms with Crippen LogP contribution < -0.4 is 5.32 Å². The molecule has 3 aromatic rings. The summed E-state index contributed by atoms with van der Waals surface area (Å²) in [6.45, 7) is 6.35. The summed E-state index contributed by atoms with van der Waals surface area (Å²) in [6, 6.07) is 19.7. The molecule has 196 valence electrons. The molecule has 2 aromatic carbocycles. The van der Waals surface area contributed by atoms with Crippen molar-refractivity contribution in [2.45, 2.75) is 83.1 Å². The molecule has 5 atom stereocenters. The van der Waals surface area contributed by atoms with Gasteiger partial charge in [-0.25, -0.2) is 4.98 Å². The van der Waals surface area contributed by atoms with Crippen LogP contribution in [0.4, 0.5) is 0 Å². The van der Waals surface area contributed by atoms with Gasteiger partial charge in [0.2, 0.25) is 11.8 Å². The van der Waals surface area contributed by atoms with Gasteiger partial charge in [0, 0.05) is 38.6 Å². The van der Waals surface area contributed by atoms with E-state index in [1.54, 1.807) is 14.0 Å². The Morgan fingerprint density at radius 2 is 1.68 bits per heavy atom. The predicted molar refractivity (Wildman–Crippen MR) is 146 cm³/mol. The number of para-hydroxylation sites is 2. The molecule has 37 heavy (non-hydrogen) atoms. The van der Waals surface area contributed by atoms with Gasteiger partial charge >= 0.3 is 0 Å². The molecule has 2 unspecified atom stereocenters. The minimum Gasteiger partial charge on any atom is -0.347 e. The number of fused-ring (bicyclic) bond motifs is 3. The fourth-order valence-corrected chi connectivity index (χ4v) is 6.47. The highest BCUT2D eigenvalue weighted by atomic mass is 16.2. The standard InChI is InChI=1S/C30H39N5O2/c1-20(33(4)22(3)36)30(37)32-27(23-10-6-5-7-11-23)16-17-34-24-14-15-25(34)19-26(18-24)35-21(2)31-28-12-8-9-13-29(28)35/h5-13,20,24-27H,14-19H2,1-4H3,(H,32,37)/t20?,24-,25+,26?,27-/m0/s1. The average molecular weight is 502 g/mol. The summed E-state index contributed by atoms with van der Waals surface area (Å²) in [5.41, 5.74) is 3.44. The van der Waals surface area contributed by atoms with Crippen LogP contribution >= 0.6 is 0 Å². The smallest absolute Gasteiger partial charge is 0.242 e. The second kappa shape index (κ2) is 10.7. The van der Waals surface area contributed by atoms with E-state index in [4.69, 9.17) is 4.98 Å². The number of aromatic nitrogens is 2. The quantitative estimate of drug-likeness (QED) is 0.489. The SMILES string of the molecule is CC(=O)N(C)C(C)C(=O)N[C@@H](CCN1[C@@H]2CC[C@H]1CC(n1c(C)nc3ccccc31)C2)c1ccccc1. The molecule has 0 spiro atoms. The highest BCUT2D eigenvalue weighted by Crippen LogP contribution is 2.42. The topological polar surface area (TPSA) is 70.5 Å². The number of benzene rings is 2. The summed E-state index contributed by atoms with van der Waals surface area (Å²) in [5, 5.41) is 3.25. The van der Waals surface area contributed by atoms with Crippen molar-refractivity contribution >= 4 is 22.8 Å². The largest absolute Gasteiger partial charge is 0.347 e. The zero-order valence-electron chi connectivity index (χ0n) is 22.4.